The topological polar surface area (TPSA) is 135 Å². The summed E-state index contributed by atoms with van der Waals surface area (Å²) in [4.78, 5) is 16.5. The molecule has 1 aliphatic heterocycles. The standard InChI is InChI=1S/C33H37BrN2O10S/c1-7-28(36-13-12-35-27(18-36)47(38,39)22-10-8-20(34)9-11-22)46-33-30(37)29-23(41-3)16-21(40-2)17-24(29)45-31(33)19-14-25(42-4)32(44-6)26(15-19)43-5/h8-11,14-17,27-28,35H,7,12-13,18H2,1-6H3. The summed E-state index contributed by atoms with van der Waals surface area (Å²) in [6, 6.07) is 13.0. The number of halogens is 1. The molecule has 0 saturated carbocycles. The highest BCUT2D eigenvalue weighted by Gasteiger charge is 2.36. The average Bonchev–Trinajstić information content (AvgIpc) is 3.10. The van der Waals surface area contributed by atoms with Crippen molar-refractivity contribution in [3.8, 4) is 45.8 Å². The molecule has 1 aromatic heterocycles. The van der Waals surface area contributed by atoms with Crippen LogP contribution in [0.2, 0.25) is 0 Å². The molecule has 0 spiro atoms. The monoisotopic (exact) mass is 732 g/mol. The molecule has 47 heavy (non-hydrogen) atoms. The lowest BCUT2D eigenvalue weighted by Gasteiger charge is -2.38. The minimum atomic E-state index is -3.73. The first-order valence-electron chi connectivity index (χ1n) is 14.8. The predicted molar refractivity (Wildman–Crippen MR) is 180 cm³/mol. The smallest absolute Gasteiger partial charge is 0.239 e. The molecule has 3 aromatic carbocycles. The van der Waals surface area contributed by atoms with Crippen LogP contribution in [-0.4, -0.2) is 80.1 Å². The van der Waals surface area contributed by atoms with E-state index in [1.165, 1.54) is 35.5 Å². The second-order valence-electron chi connectivity index (χ2n) is 10.6. The summed E-state index contributed by atoms with van der Waals surface area (Å²) < 4.78 is 68.6. The van der Waals surface area contributed by atoms with E-state index in [1.807, 2.05) is 11.8 Å². The molecule has 5 rings (SSSR count). The van der Waals surface area contributed by atoms with Crippen LogP contribution in [-0.2, 0) is 9.84 Å². The van der Waals surface area contributed by atoms with Gasteiger partial charge in [0.2, 0.25) is 16.9 Å². The summed E-state index contributed by atoms with van der Waals surface area (Å²) in [7, 11) is 3.68. The number of ether oxygens (including phenoxy) is 6. The molecule has 1 saturated heterocycles. The van der Waals surface area contributed by atoms with Crippen LogP contribution in [0.3, 0.4) is 0 Å². The Bertz CT molecular complexity index is 1890. The Hall–Kier alpha value is -3.98. The second kappa shape index (κ2) is 14.4. The summed E-state index contributed by atoms with van der Waals surface area (Å²) in [6.07, 6.45) is -0.262. The molecular weight excluding hydrogens is 696 g/mol. The van der Waals surface area contributed by atoms with E-state index in [9.17, 15) is 13.2 Å². The second-order valence-corrected chi connectivity index (χ2v) is 13.7. The van der Waals surface area contributed by atoms with Crippen LogP contribution in [0.15, 0.2) is 67.1 Å². The van der Waals surface area contributed by atoms with Crippen molar-refractivity contribution >= 4 is 36.7 Å². The molecule has 4 aromatic rings. The maximum Gasteiger partial charge on any atom is 0.239 e. The summed E-state index contributed by atoms with van der Waals surface area (Å²) in [5.74, 6) is 1.72. The molecule has 2 unspecified atom stereocenters. The number of sulfone groups is 1. The number of methoxy groups -OCH3 is 5. The Balaban J connectivity index is 1.63. The normalized spacial score (nSPS) is 16.0. The zero-order valence-corrected chi connectivity index (χ0v) is 29.3. The largest absolute Gasteiger partial charge is 0.496 e. The van der Waals surface area contributed by atoms with Crippen LogP contribution >= 0.6 is 15.9 Å². The zero-order valence-electron chi connectivity index (χ0n) is 26.9. The van der Waals surface area contributed by atoms with Gasteiger partial charge in [0.1, 0.15) is 27.8 Å². The molecule has 2 heterocycles. The molecule has 0 aliphatic carbocycles. The van der Waals surface area contributed by atoms with E-state index < -0.39 is 26.9 Å². The van der Waals surface area contributed by atoms with Crippen molar-refractivity contribution in [1.29, 1.82) is 0 Å². The quantitative estimate of drug-likeness (QED) is 0.208. The van der Waals surface area contributed by atoms with Gasteiger partial charge in [0.15, 0.2) is 33.3 Å². The first-order chi connectivity index (χ1) is 22.6. The van der Waals surface area contributed by atoms with Gasteiger partial charge in [0, 0.05) is 41.8 Å². The van der Waals surface area contributed by atoms with Crippen LogP contribution in [0.1, 0.15) is 13.3 Å². The summed E-state index contributed by atoms with van der Waals surface area (Å²) in [6.45, 7) is 2.89. The van der Waals surface area contributed by atoms with Gasteiger partial charge in [-0.15, -0.1) is 0 Å². The van der Waals surface area contributed by atoms with Gasteiger partial charge in [-0.1, -0.05) is 22.9 Å². The fourth-order valence-corrected chi connectivity index (χ4v) is 7.41. The van der Waals surface area contributed by atoms with Crippen molar-refractivity contribution in [1.82, 2.24) is 10.2 Å². The Morgan fingerprint density at radius 3 is 2.15 bits per heavy atom. The van der Waals surface area contributed by atoms with Crippen LogP contribution in [0.5, 0.6) is 34.5 Å². The van der Waals surface area contributed by atoms with E-state index >= 15 is 0 Å². The summed E-state index contributed by atoms with van der Waals surface area (Å²) in [5.41, 5.74) is 0.140. The van der Waals surface area contributed by atoms with Gasteiger partial charge in [0.25, 0.3) is 0 Å². The molecule has 2 atom stereocenters. The van der Waals surface area contributed by atoms with Crippen molar-refractivity contribution in [2.45, 2.75) is 29.8 Å². The van der Waals surface area contributed by atoms with Gasteiger partial charge in [-0.2, -0.15) is 0 Å². The van der Waals surface area contributed by atoms with Gasteiger partial charge in [0.05, 0.1) is 40.4 Å². The molecule has 0 bridgehead atoms. The number of hydrogen-bond acceptors (Lipinski definition) is 12. The lowest BCUT2D eigenvalue weighted by molar-refractivity contribution is 0.00956. The molecule has 252 valence electrons. The number of nitrogens with one attached hydrogen (secondary N) is 1. The molecular formula is C33H37BrN2O10S. The van der Waals surface area contributed by atoms with E-state index in [0.29, 0.717) is 48.1 Å². The first-order valence-corrected chi connectivity index (χ1v) is 17.1. The number of fused-ring (bicyclic) bond motifs is 1. The zero-order chi connectivity index (χ0) is 33.9. The van der Waals surface area contributed by atoms with Crippen molar-refractivity contribution < 1.29 is 41.3 Å². The van der Waals surface area contributed by atoms with E-state index in [0.717, 1.165) is 4.47 Å². The maximum absolute atomic E-state index is 14.4. The lowest BCUT2D eigenvalue weighted by atomic mass is 10.1. The highest BCUT2D eigenvalue weighted by molar-refractivity contribution is 9.10. The third kappa shape index (κ3) is 6.73. The molecule has 1 aliphatic rings. The molecule has 14 heteroatoms. The molecule has 1 fully saturated rings. The van der Waals surface area contributed by atoms with Crippen molar-refractivity contribution in [2.75, 3.05) is 55.2 Å². The molecule has 1 N–H and O–H groups in total. The first kappa shape index (κ1) is 34.4. The Morgan fingerprint density at radius 1 is 0.915 bits per heavy atom. The van der Waals surface area contributed by atoms with Gasteiger partial charge in [-0.25, -0.2) is 8.42 Å². The predicted octanol–water partition coefficient (Wildman–Crippen LogP) is 5.09. The van der Waals surface area contributed by atoms with Crippen LogP contribution in [0.25, 0.3) is 22.3 Å². The number of rotatable bonds is 12. The van der Waals surface area contributed by atoms with Gasteiger partial charge in [-0.05, 0) is 42.8 Å². The van der Waals surface area contributed by atoms with Gasteiger partial charge >= 0.3 is 0 Å². The Labute approximate surface area is 281 Å². The molecule has 0 radical (unpaired) electrons. The Kier molecular flexibility index (Phi) is 10.5. The fraction of sp³-hybridized carbons (Fsp3) is 0.364. The van der Waals surface area contributed by atoms with Crippen molar-refractivity contribution in [2.24, 2.45) is 0 Å². The fourth-order valence-electron chi connectivity index (χ4n) is 5.58. The highest BCUT2D eigenvalue weighted by atomic mass is 79.9. The van der Waals surface area contributed by atoms with Gasteiger partial charge in [-0.3, -0.25) is 15.0 Å². The van der Waals surface area contributed by atoms with E-state index in [-0.39, 0.29) is 39.7 Å². The Morgan fingerprint density at radius 2 is 1.57 bits per heavy atom. The van der Waals surface area contributed by atoms with E-state index in [2.05, 4.69) is 21.2 Å². The van der Waals surface area contributed by atoms with E-state index in [1.54, 1.807) is 48.5 Å². The van der Waals surface area contributed by atoms with Crippen LogP contribution in [0, 0.1) is 0 Å². The SMILES string of the molecule is CCC(Oc1c(-c2cc(OC)c(OC)c(OC)c2)oc2cc(OC)cc(OC)c2c1=O)N1CCNC(S(=O)(=O)c2ccc(Br)cc2)C1. The molecule has 12 nitrogen and oxygen atoms in total. The average molecular weight is 734 g/mol. The van der Waals surface area contributed by atoms with E-state index in [4.69, 9.17) is 32.8 Å². The lowest BCUT2D eigenvalue weighted by Crippen LogP contribution is -2.57. The third-order valence-corrected chi connectivity index (χ3v) is 10.5. The number of nitrogens with zero attached hydrogens (tertiary/aromatic N) is 1. The van der Waals surface area contributed by atoms with Crippen molar-refractivity contribution in [3.63, 3.8) is 0 Å². The minimum absolute atomic E-state index is 0.0899. The number of hydrogen-bond donors (Lipinski definition) is 1. The third-order valence-electron chi connectivity index (χ3n) is 7.97. The minimum Gasteiger partial charge on any atom is -0.496 e. The van der Waals surface area contributed by atoms with Crippen LogP contribution < -0.4 is 39.2 Å². The number of piperazine rings is 1. The summed E-state index contributed by atoms with van der Waals surface area (Å²) >= 11 is 3.36. The number of benzene rings is 3. The summed E-state index contributed by atoms with van der Waals surface area (Å²) in [5, 5.41) is 2.39. The maximum atomic E-state index is 14.4. The van der Waals surface area contributed by atoms with Crippen molar-refractivity contribution in [3.05, 3.63) is 63.2 Å². The highest BCUT2D eigenvalue weighted by Crippen LogP contribution is 2.44. The van der Waals surface area contributed by atoms with Gasteiger partial charge < -0.3 is 32.8 Å². The molecule has 0 amide bonds. The van der Waals surface area contributed by atoms with Crippen LogP contribution in [0.4, 0.5) is 0 Å².